The summed E-state index contributed by atoms with van der Waals surface area (Å²) in [5.41, 5.74) is 4.40. The number of carbonyl (C=O) groups is 1. The Bertz CT molecular complexity index is 1290. The maximum absolute atomic E-state index is 15.3. The lowest BCUT2D eigenvalue weighted by atomic mass is 10.1. The number of nitrogens with zero attached hydrogens (tertiary/aromatic N) is 5. The van der Waals surface area contributed by atoms with Gasteiger partial charge in [0, 0.05) is 57.2 Å². The van der Waals surface area contributed by atoms with Crippen LogP contribution in [-0.4, -0.2) is 73.2 Å². The van der Waals surface area contributed by atoms with E-state index in [4.69, 9.17) is 4.74 Å². The molecule has 5 rings (SSSR count). The Morgan fingerprint density at radius 1 is 1.05 bits per heavy atom. The maximum atomic E-state index is 15.3. The Labute approximate surface area is 224 Å². The standard InChI is InChI=1S/C30H36FN5O2/c1-21-15-22(2)29(32-17-21)34-11-13-35(14-12-34)30(37)27-10-7-25(16-28(27)31)36-20-33(18-23(36)3)19-24-5-8-26(38-4)9-6-24/h5-10,15-17,23H,11-14,18-20H2,1-4H3. The van der Waals surface area contributed by atoms with E-state index in [0.29, 0.717) is 32.8 Å². The fourth-order valence-electron chi connectivity index (χ4n) is 5.51. The number of rotatable bonds is 6. The van der Waals surface area contributed by atoms with Gasteiger partial charge in [-0.15, -0.1) is 0 Å². The molecule has 1 aromatic heterocycles. The van der Waals surface area contributed by atoms with E-state index in [2.05, 4.69) is 51.7 Å². The number of methoxy groups -OCH3 is 1. The molecule has 0 N–H and O–H groups in total. The first kappa shape index (κ1) is 26.0. The van der Waals surface area contributed by atoms with Gasteiger partial charge in [0.05, 0.1) is 19.3 Å². The summed E-state index contributed by atoms with van der Waals surface area (Å²) in [5.74, 6) is 1.08. The second-order valence-corrected chi connectivity index (χ2v) is 10.4. The number of carbonyl (C=O) groups excluding carboxylic acids is 1. The van der Waals surface area contributed by atoms with Crippen molar-refractivity contribution < 1.29 is 13.9 Å². The average Bonchev–Trinajstić information content (AvgIpc) is 3.28. The van der Waals surface area contributed by atoms with Gasteiger partial charge < -0.3 is 19.4 Å². The van der Waals surface area contributed by atoms with Crippen LogP contribution in [0.3, 0.4) is 0 Å². The molecule has 0 radical (unpaired) electrons. The van der Waals surface area contributed by atoms with E-state index in [1.165, 1.54) is 11.6 Å². The Balaban J connectivity index is 1.20. The number of pyridine rings is 1. The van der Waals surface area contributed by atoms with Gasteiger partial charge in [-0.2, -0.15) is 0 Å². The molecule has 2 aromatic carbocycles. The van der Waals surface area contributed by atoms with E-state index < -0.39 is 5.82 Å². The zero-order valence-corrected chi connectivity index (χ0v) is 22.7. The quantitative estimate of drug-likeness (QED) is 0.481. The number of anilines is 2. The van der Waals surface area contributed by atoms with Crippen LogP contribution in [0.1, 0.15) is 34.0 Å². The topological polar surface area (TPSA) is 52.2 Å². The third kappa shape index (κ3) is 5.45. The molecule has 0 spiro atoms. The van der Waals surface area contributed by atoms with Gasteiger partial charge in [-0.05, 0) is 67.8 Å². The Morgan fingerprint density at radius 3 is 2.45 bits per heavy atom. The highest BCUT2D eigenvalue weighted by molar-refractivity contribution is 5.95. The number of amides is 1. The van der Waals surface area contributed by atoms with Gasteiger partial charge in [0.15, 0.2) is 0 Å². The third-order valence-electron chi connectivity index (χ3n) is 7.54. The van der Waals surface area contributed by atoms with Crippen molar-refractivity contribution in [2.45, 2.75) is 33.4 Å². The molecule has 0 aliphatic carbocycles. The number of aryl methyl sites for hydroxylation is 2. The smallest absolute Gasteiger partial charge is 0.256 e. The fourth-order valence-corrected chi connectivity index (χ4v) is 5.51. The number of ether oxygens (including phenoxy) is 1. The molecule has 38 heavy (non-hydrogen) atoms. The highest BCUT2D eigenvalue weighted by Gasteiger charge is 2.29. The molecule has 200 valence electrons. The van der Waals surface area contributed by atoms with Crippen molar-refractivity contribution in [3.8, 4) is 5.75 Å². The molecule has 1 amide bonds. The van der Waals surface area contributed by atoms with Crippen LogP contribution in [0.4, 0.5) is 15.9 Å². The molecule has 2 saturated heterocycles. The van der Waals surface area contributed by atoms with Gasteiger partial charge in [0.1, 0.15) is 17.4 Å². The highest BCUT2D eigenvalue weighted by Crippen LogP contribution is 2.27. The molecule has 2 aliphatic heterocycles. The van der Waals surface area contributed by atoms with Crippen LogP contribution < -0.4 is 14.5 Å². The average molecular weight is 518 g/mol. The molecule has 2 fully saturated rings. The molecule has 7 nitrogen and oxygen atoms in total. The van der Waals surface area contributed by atoms with Crippen LogP contribution in [-0.2, 0) is 6.54 Å². The monoisotopic (exact) mass is 517 g/mol. The SMILES string of the molecule is COc1ccc(CN2CC(C)N(c3ccc(C(=O)N4CCN(c5ncc(C)cc5C)CC4)c(F)c3)C2)cc1. The van der Waals surface area contributed by atoms with Crippen molar-refractivity contribution >= 4 is 17.4 Å². The summed E-state index contributed by atoms with van der Waals surface area (Å²) < 4.78 is 20.5. The molecule has 3 aromatic rings. The molecule has 8 heteroatoms. The van der Waals surface area contributed by atoms with Crippen LogP contribution in [0.15, 0.2) is 54.7 Å². The number of piperazine rings is 1. The van der Waals surface area contributed by atoms with Crippen LogP contribution >= 0.6 is 0 Å². The zero-order valence-electron chi connectivity index (χ0n) is 22.7. The van der Waals surface area contributed by atoms with Gasteiger partial charge >= 0.3 is 0 Å². The molecule has 1 unspecified atom stereocenters. The molecule has 1 atom stereocenters. The first-order valence-corrected chi connectivity index (χ1v) is 13.2. The van der Waals surface area contributed by atoms with E-state index in [1.54, 1.807) is 18.1 Å². The van der Waals surface area contributed by atoms with Crippen molar-refractivity contribution in [1.29, 1.82) is 0 Å². The molecule has 3 heterocycles. The van der Waals surface area contributed by atoms with Crippen LogP contribution in [0.25, 0.3) is 0 Å². The second kappa shape index (κ2) is 11.0. The van der Waals surface area contributed by atoms with E-state index in [-0.39, 0.29) is 17.5 Å². The van der Waals surface area contributed by atoms with Gasteiger partial charge in [-0.3, -0.25) is 9.69 Å². The molecule has 0 bridgehead atoms. The summed E-state index contributed by atoms with van der Waals surface area (Å²) in [6, 6.07) is 15.5. The predicted octanol–water partition coefficient (Wildman–Crippen LogP) is 4.48. The lowest BCUT2D eigenvalue weighted by Gasteiger charge is -2.36. The number of benzene rings is 2. The van der Waals surface area contributed by atoms with E-state index >= 15 is 4.39 Å². The van der Waals surface area contributed by atoms with Crippen molar-refractivity contribution in [3.63, 3.8) is 0 Å². The Kier molecular flexibility index (Phi) is 7.51. The van der Waals surface area contributed by atoms with Crippen molar-refractivity contribution in [3.05, 3.63) is 82.8 Å². The zero-order chi connectivity index (χ0) is 26.8. The summed E-state index contributed by atoms with van der Waals surface area (Å²) in [5, 5.41) is 0. The number of hydrogen-bond acceptors (Lipinski definition) is 6. The predicted molar refractivity (Wildman–Crippen MR) is 148 cm³/mol. The Morgan fingerprint density at radius 2 is 1.79 bits per heavy atom. The maximum Gasteiger partial charge on any atom is 0.256 e. The minimum absolute atomic E-state index is 0.133. The summed E-state index contributed by atoms with van der Waals surface area (Å²) in [4.78, 5) is 26.3. The number of halogens is 1. The largest absolute Gasteiger partial charge is 0.497 e. The highest BCUT2D eigenvalue weighted by atomic mass is 19.1. The van der Waals surface area contributed by atoms with E-state index in [0.717, 1.165) is 41.5 Å². The van der Waals surface area contributed by atoms with E-state index in [9.17, 15) is 4.79 Å². The number of hydrogen-bond donors (Lipinski definition) is 0. The van der Waals surface area contributed by atoms with Crippen LogP contribution in [0, 0.1) is 19.7 Å². The lowest BCUT2D eigenvalue weighted by Crippen LogP contribution is -2.49. The number of aromatic nitrogens is 1. The van der Waals surface area contributed by atoms with Crippen molar-refractivity contribution in [2.24, 2.45) is 0 Å². The summed E-state index contributed by atoms with van der Waals surface area (Å²) in [7, 11) is 1.66. The minimum Gasteiger partial charge on any atom is -0.497 e. The van der Waals surface area contributed by atoms with Crippen molar-refractivity contribution in [1.82, 2.24) is 14.8 Å². The third-order valence-corrected chi connectivity index (χ3v) is 7.54. The van der Waals surface area contributed by atoms with Gasteiger partial charge in [-0.1, -0.05) is 18.2 Å². The summed E-state index contributed by atoms with van der Waals surface area (Å²) in [6.07, 6.45) is 1.87. The first-order chi connectivity index (χ1) is 18.3. The summed E-state index contributed by atoms with van der Waals surface area (Å²) in [6.45, 7) is 11.1. The molecule has 0 saturated carbocycles. The minimum atomic E-state index is -0.466. The van der Waals surface area contributed by atoms with Crippen molar-refractivity contribution in [2.75, 3.05) is 56.3 Å². The van der Waals surface area contributed by atoms with Gasteiger partial charge in [0.2, 0.25) is 0 Å². The first-order valence-electron chi connectivity index (χ1n) is 13.2. The normalized spacial score (nSPS) is 18.2. The van der Waals surface area contributed by atoms with Gasteiger partial charge in [0.25, 0.3) is 5.91 Å². The molecular weight excluding hydrogens is 481 g/mol. The van der Waals surface area contributed by atoms with Crippen LogP contribution in [0.2, 0.25) is 0 Å². The van der Waals surface area contributed by atoms with Gasteiger partial charge in [-0.25, -0.2) is 9.37 Å². The Hall–Kier alpha value is -3.65. The molecule has 2 aliphatic rings. The fraction of sp³-hybridized carbons (Fsp3) is 0.400. The van der Waals surface area contributed by atoms with Crippen LogP contribution in [0.5, 0.6) is 5.75 Å². The van der Waals surface area contributed by atoms with E-state index in [1.807, 2.05) is 31.3 Å². The second-order valence-electron chi connectivity index (χ2n) is 10.4. The molecular formula is C30H36FN5O2. The summed E-state index contributed by atoms with van der Waals surface area (Å²) >= 11 is 0. The lowest BCUT2D eigenvalue weighted by molar-refractivity contribution is 0.0742.